The van der Waals surface area contributed by atoms with E-state index in [-0.39, 0.29) is 30.4 Å². The minimum absolute atomic E-state index is 0.00815. The van der Waals surface area contributed by atoms with Crippen molar-refractivity contribution in [3.05, 3.63) is 5.56 Å². The second-order valence-corrected chi connectivity index (χ2v) is 3.14. The van der Waals surface area contributed by atoms with Gasteiger partial charge in [0.05, 0.1) is 13.2 Å². The molecule has 0 unspecified atom stereocenters. The van der Waals surface area contributed by atoms with Crippen molar-refractivity contribution in [1.82, 2.24) is 9.78 Å². The molecular weight excluding hydrogens is 239 g/mol. The number of nitrogens with two attached hydrogens (primary N) is 1. The van der Waals surface area contributed by atoms with Crippen molar-refractivity contribution in [2.45, 2.75) is 12.7 Å². The number of alkyl halides is 3. The molecule has 9 heteroatoms. The van der Waals surface area contributed by atoms with E-state index in [2.05, 4.69) is 5.10 Å². The summed E-state index contributed by atoms with van der Waals surface area (Å²) in [7, 11) is 0. The molecule has 0 amide bonds. The van der Waals surface area contributed by atoms with E-state index in [0.717, 1.165) is 4.68 Å². The predicted molar refractivity (Wildman–Crippen MR) is 53.0 cm³/mol. The zero-order chi connectivity index (χ0) is 13.1. The maximum atomic E-state index is 12.0. The molecule has 1 aromatic heterocycles. The van der Waals surface area contributed by atoms with Gasteiger partial charge in [0, 0.05) is 0 Å². The SMILES string of the molecule is N#Cc1c(NCC(F)(F)F)nn(CCO)c1N. The highest BCUT2D eigenvalue weighted by atomic mass is 19.4. The van der Waals surface area contributed by atoms with E-state index in [1.165, 1.54) is 0 Å². The number of hydrogen-bond donors (Lipinski definition) is 3. The van der Waals surface area contributed by atoms with Gasteiger partial charge < -0.3 is 16.2 Å². The Balaban J connectivity index is 2.92. The molecule has 0 saturated carbocycles. The average molecular weight is 249 g/mol. The van der Waals surface area contributed by atoms with Crippen molar-refractivity contribution < 1.29 is 18.3 Å². The number of halogens is 3. The van der Waals surface area contributed by atoms with Crippen molar-refractivity contribution in [3.8, 4) is 6.07 Å². The first kappa shape index (κ1) is 13.1. The molecule has 0 aliphatic heterocycles. The number of nitrogens with one attached hydrogen (secondary N) is 1. The van der Waals surface area contributed by atoms with Crippen LogP contribution < -0.4 is 11.1 Å². The Bertz CT molecular complexity index is 434. The van der Waals surface area contributed by atoms with Crippen LogP contribution in [0.3, 0.4) is 0 Å². The summed E-state index contributed by atoms with van der Waals surface area (Å²) >= 11 is 0. The maximum Gasteiger partial charge on any atom is 0.405 e. The molecule has 0 saturated heterocycles. The van der Waals surface area contributed by atoms with Gasteiger partial charge in [-0.05, 0) is 0 Å². The number of aliphatic hydroxyl groups is 1. The Hall–Kier alpha value is -1.95. The number of rotatable bonds is 4. The van der Waals surface area contributed by atoms with Crippen LogP contribution in [0.15, 0.2) is 0 Å². The molecular formula is C8H10F3N5O. The van der Waals surface area contributed by atoms with E-state index in [0.29, 0.717) is 0 Å². The second kappa shape index (κ2) is 4.92. The second-order valence-electron chi connectivity index (χ2n) is 3.14. The Labute approximate surface area is 94.4 Å². The minimum atomic E-state index is -4.41. The number of anilines is 2. The number of aromatic nitrogens is 2. The molecule has 6 nitrogen and oxygen atoms in total. The van der Waals surface area contributed by atoms with Gasteiger partial charge in [-0.1, -0.05) is 0 Å². The van der Waals surface area contributed by atoms with E-state index in [9.17, 15) is 13.2 Å². The van der Waals surface area contributed by atoms with Gasteiger partial charge in [-0.15, -0.1) is 0 Å². The van der Waals surface area contributed by atoms with Gasteiger partial charge in [0.25, 0.3) is 0 Å². The van der Waals surface area contributed by atoms with Crippen molar-refractivity contribution in [2.75, 3.05) is 24.2 Å². The van der Waals surface area contributed by atoms with Crippen LogP contribution in [0.1, 0.15) is 5.56 Å². The lowest BCUT2D eigenvalue weighted by Crippen LogP contribution is -2.22. The monoisotopic (exact) mass is 249 g/mol. The maximum absolute atomic E-state index is 12.0. The van der Waals surface area contributed by atoms with Crippen LogP contribution in [0.25, 0.3) is 0 Å². The molecule has 1 heterocycles. The first-order chi connectivity index (χ1) is 7.89. The largest absolute Gasteiger partial charge is 0.405 e. The molecule has 94 valence electrons. The van der Waals surface area contributed by atoms with Crippen molar-refractivity contribution in [2.24, 2.45) is 0 Å². The van der Waals surface area contributed by atoms with Crippen LogP contribution in [0.4, 0.5) is 24.8 Å². The predicted octanol–water partition coefficient (Wildman–Crippen LogP) is 0.303. The zero-order valence-electron chi connectivity index (χ0n) is 8.62. The molecule has 0 spiro atoms. The van der Waals surface area contributed by atoms with Crippen molar-refractivity contribution in [3.63, 3.8) is 0 Å². The normalized spacial score (nSPS) is 11.2. The van der Waals surface area contributed by atoms with Gasteiger partial charge in [0.2, 0.25) is 0 Å². The van der Waals surface area contributed by atoms with Crippen molar-refractivity contribution >= 4 is 11.6 Å². The third kappa shape index (κ3) is 3.25. The number of nitrogen functional groups attached to an aromatic ring is 1. The van der Waals surface area contributed by atoms with Crippen LogP contribution in [-0.2, 0) is 6.54 Å². The molecule has 0 bridgehead atoms. The third-order valence-electron chi connectivity index (χ3n) is 1.87. The molecule has 0 atom stereocenters. The minimum Gasteiger partial charge on any atom is -0.394 e. The van der Waals surface area contributed by atoms with Gasteiger partial charge in [0.1, 0.15) is 24.0 Å². The Morgan fingerprint density at radius 1 is 1.53 bits per heavy atom. The van der Waals surface area contributed by atoms with Gasteiger partial charge >= 0.3 is 6.18 Å². The standard InChI is InChI=1S/C8H10F3N5O/c9-8(10,11)4-14-7-5(3-12)6(13)16(15-7)1-2-17/h17H,1-2,4,13H2,(H,14,15). The fourth-order valence-electron chi connectivity index (χ4n) is 1.16. The average Bonchev–Trinajstić information content (AvgIpc) is 2.52. The fourth-order valence-corrected chi connectivity index (χ4v) is 1.16. The lowest BCUT2D eigenvalue weighted by atomic mass is 10.3. The fraction of sp³-hybridized carbons (Fsp3) is 0.500. The Kier molecular flexibility index (Phi) is 3.80. The van der Waals surface area contributed by atoms with Crippen LogP contribution >= 0.6 is 0 Å². The summed E-state index contributed by atoms with van der Waals surface area (Å²) in [5.41, 5.74) is 5.32. The molecule has 1 aromatic rings. The summed E-state index contributed by atoms with van der Waals surface area (Å²) in [4.78, 5) is 0. The molecule has 0 radical (unpaired) electrons. The van der Waals surface area contributed by atoms with E-state index in [1.54, 1.807) is 6.07 Å². The first-order valence-corrected chi connectivity index (χ1v) is 4.57. The highest BCUT2D eigenvalue weighted by Crippen LogP contribution is 2.22. The van der Waals surface area contributed by atoms with Gasteiger partial charge in [-0.2, -0.15) is 23.5 Å². The van der Waals surface area contributed by atoms with Gasteiger partial charge in [-0.3, -0.25) is 0 Å². The molecule has 0 aliphatic rings. The molecule has 0 aromatic carbocycles. The van der Waals surface area contributed by atoms with E-state index >= 15 is 0 Å². The number of aliphatic hydroxyl groups excluding tert-OH is 1. The lowest BCUT2D eigenvalue weighted by Gasteiger charge is -2.06. The number of nitrogens with zero attached hydrogens (tertiary/aromatic N) is 3. The van der Waals surface area contributed by atoms with E-state index in [1.807, 2.05) is 5.32 Å². The summed E-state index contributed by atoms with van der Waals surface area (Å²) in [6.45, 7) is -1.58. The molecule has 1 rings (SSSR count). The van der Waals surface area contributed by atoms with Gasteiger partial charge in [-0.25, -0.2) is 4.68 Å². The summed E-state index contributed by atoms with van der Waals surface area (Å²) in [5.74, 6) is -0.318. The van der Waals surface area contributed by atoms with Gasteiger partial charge in [0.15, 0.2) is 5.82 Å². The van der Waals surface area contributed by atoms with Crippen LogP contribution in [0.5, 0.6) is 0 Å². The quantitative estimate of drug-likeness (QED) is 0.712. The molecule has 0 aliphatic carbocycles. The zero-order valence-corrected chi connectivity index (χ0v) is 8.62. The highest BCUT2D eigenvalue weighted by molar-refractivity contribution is 5.63. The molecule has 17 heavy (non-hydrogen) atoms. The number of hydrogen-bond acceptors (Lipinski definition) is 5. The van der Waals surface area contributed by atoms with Crippen LogP contribution in [-0.4, -0.2) is 34.2 Å². The van der Waals surface area contributed by atoms with Crippen LogP contribution in [0, 0.1) is 11.3 Å². The Morgan fingerprint density at radius 3 is 2.65 bits per heavy atom. The first-order valence-electron chi connectivity index (χ1n) is 4.57. The van der Waals surface area contributed by atoms with E-state index in [4.69, 9.17) is 16.1 Å². The summed E-state index contributed by atoms with van der Waals surface area (Å²) in [5, 5.41) is 23.1. The summed E-state index contributed by atoms with van der Waals surface area (Å²) < 4.78 is 37.0. The van der Waals surface area contributed by atoms with E-state index < -0.39 is 12.7 Å². The summed E-state index contributed by atoms with van der Waals surface area (Å²) in [6, 6.07) is 1.66. The number of nitriles is 1. The topological polar surface area (TPSA) is 99.9 Å². The molecule has 0 fully saturated rings. The van der Waals surface area contributed by atoms with Crippen molar-refractivity contribution in [1.29, 1.82) is 5.26 Å². The Morgan fingerprint density at radius 2 is 2.18 bits per heavy atom. The lowest BCUT2D eigenvalue weighted by molar-refractivity contribution is -0.115. The molecule has 4 N–H and O–H groups in total. The smallest absolute Gasteiger partial charge is 0.394 e. The highest BCUT2D eigenvalue weighted by Gasteiger charge is 2.28. The third-order valence-corrected chi connectivity index (χ3v) is 1.87. The van der Waals surface area contributed by atoms with Crippen LogP contribution in [0.2, 0.25) is 0 Å². The summed E-state index contributed by atoms with van der Waals surface area (Å²) in [6.07, 6.45) is -4.41.